The van der Waals surface area contributed by atoms with E-state index in [9.17, 15) is 23.1 Å². The average molecular weight is 508 g/mol. The Hall–Kier alpha value is -3.98. The topological polar surface area (TPSA) is 79.5 Å². The molecule has 6 nitrogen and oxygen atoms in total. The number of aliphatic hydroxyl groups is 1. The number of aromatic nitrogens is 2. The second-order valence-corrected chi connectivity index (χ2v) is 9.07. The van der Waals surface area contributed by atoms with Crippen LogP contribution < -0.4 is 4.90 Å². The minimum Gasteiger partial charge on any atom is -0.432 e. The van der Waals surface area contributed by atoms with Gasteiger partial charge in [0.25, 0.3) is 0 Å². The predicted molar refractivity (Wildman–Crippen MR) is 131 cm³/mol. The molecule has 0 radical (unpaired) electrons. The number of nitrogens with zero attached hydrogens (tertiary/aromatic N) is 3. The van der Waals surface area contributed by atoms with E-state index in [0.717, 1.165) is 5.56 Å². The number of hydrogen-bond donors (Lipinski definition) is 1. The van der Waals surface area contributed by atoms with Gasteiger partial charge in [-0.05, 0) is 42.2 Å². The van der Waals surface area contributed by atoms with Crippen LogP contribution in [0, 0.1) is 0 Å². The van der Waals surface area contributed by atoms with Crippen molar-refractivity contribution >= 4 is 11.6 Å². The van der Waals surface area contributed by atoms with E-state index >= 15 is 0 Å². The summed E-state index contributed by atoms with van der Waals surface area (Å²) in [6.07, 6.45) is -2.59. The van der Waals surface area contributed by atoms with Crippen molar-refractivity contribution in [2.24, 2.45) is 0 Å². The first kappa shape index (κ1) is 24.7. The summed E-state index contributed by atoms with van der Waals surface area (Å²) in [5, 5.41) is 11.0. The van der Waals surface area contributed by atoms with Crippen molar-refractivity contribution in [1.29, 1.82) is 0 Å². The molecule has 1 aliphatic rings. The van der Waals surface area contributed by atoms with Crippen molar-refractivity contribution in [3.05, 3.63) is 102 Å². The number of Topliss-reactive ketones (excluding diaryl/α,β-unsaturated/α-hetero) is 1. The van der Waals surface area contributed by atoms with Gasteiger partial charge in [0.05, 0.1) is 5.60 Å². The van der Waals surface area contributed by atoms with Crippen molar-refractivity contribution < 1.29 is 27.5 Å². The lowest BCUT2D eigenvalue weighted by Gasteiger charge is -2.39. The number of carbonyl (C=O) groups is 1. The molecule has 1 aliphatic heterocycles. The monoisotopic (exact) mass is 507 g/mol. The number of ketones is 1. The van der Waals surface area contributed by atoms with Gasteiger partial charge in [-0.15, -0.1) is 0 Å². The number of anilines is 1. The highest BCUT2D eigenvalue weighted by atomic mass is 19.4. The van der Waals surface area contributed by atoms with Crippen molar-refractivity contribution in [3.63, 3.8) is 0 Å². The fourth-order valence-corrected chi connectivity index (χ4v) is 4.52. The predicted octanol–water partition coefficient (Wildman–Crippen LogP) is 5.67. The molecule has 0 aliphatic carbocycles. The Morgan fingerprint density at radius 2 is 1.62 bits per heavy atom. The maximum Gasteiger partial charge on any atom is 0.437 e. The zero-order valence-corrected chi connectivity index (χ0v) is 19.8. The first-order chi connectivity index (χ1) is 17.7. The highest BCUT2D eigenvalue weighted by Crippen LogP contribution is 2.36. The van der Waals surface area contributed by atoms with Gasteiger partial charge < -0.3 is 14.4 Å². The lowest BCUT2D eigenvalue weighted by molar-refractivity contribution is -0.141. The van der Waals surface area contributed by atoms with E-state index in [1.807, 2.05) is 35.2 Å². The molecular weight excluding hydrogens is 483 g/mol. The zero-order valence-electron chi connectivity index (χ0n) is 19.8. The van der Waals surface area contributed by atoms with E-state index in [2.05, 4.69) is 9.97 Å². The first-order valence-corrected chi connectivity index (χ1v) is 11.9. The summed E-state index contributed by atoms with van der Waals surface area (Å²) in [6.45, 7) is 1.18. The van der Waals surface area contributed by atoms with Gasteiger partial charge in [0.1, 0.15) is 5.82 Å². The number of halogens is 3. The molecular formula is C28H24F3N3O3. The van der Waals surface area contributed by atoms with Crippen molar-refractivity contribution in [1.82, 2.24) is 9.97 Å². The van der Waals surface area contributed by atoms with Crippen LogP contribution in [0.15, 0.2) is 83.4 Å². The molecule has 0 amide bonds. The van der Waals surface area contributed by atoms with Crippen LogP contribution in [0.3, 0.4) is 0 Å². The molecule has 0 saturated carbocycles. The van der Waals surface area contributed by atoms with Crippen molar-refractivity contribution in [2.45, 2.75) is 31.0 Å². The van der Waals surface area contributed by atoms with Crippen LogP contribution in [-0.4, -0.2) is 33.9 Å². The third-order valence-corrected chi connectivity index (χ3v) is 6.57. The molecule has 4 aromatic rings. The van der Waals surface area contributed by atoms with Gasteiger partial charge in [0, 0.05) is 31.3 Å². The van der Waals surface area contributed by atoms with Crippen LogP contribution in [0.5, 0.6) is 0 Å². The number of rotatable bonds is 6. The Morgan fingerprint density at radius 3 is 2.22 bits per heavy atom. The Kier molecular flexibility index (Phi) is 6.55. The summed E-state index contributed by atoms with van der Waals surface area (Å²) in [5.41, 5.74) is -0.538. The standard InChI is InChI=1S/C28H24F3N3O3/c29-28(30,31)25-24(37-26(33-25)20-7-3-1-4-8-20)22(35)17-19-11-12-23(32-18-19)34-15-13-27(36,14-16-34)21-9-5-2-6-10-21/h1-12,18,36H,13-17H2. The van der Waals surface area contributed by atoms with Crippen LogP contribution >= 0.6 is 0 Å². The molecule has 3 heterocycles. The SMILES string of the molecule is O=C(Cc1ccc(N2CCC(O)(c3ccccc3)CC2)nc1)c1oc(-c2ccccc2)nc1C(F)(F)F. The van der Waals surface area contributed by atoms with Gasteiger partial charge in [0.2, 0.25) is 17.4 Å². The fourth-order valence-electron chi connectivity index (χ4n) is 4.52. The maximum absolute atomic E-state index is 13.6. The molecule has 0 atom stereocenters. The highest BCUT2D eigenvalue weighted by Gasteiger charge is 2.41. The van der Waals surface area contributed by atoms with E-state index in [1.165, 1.54) is 6.20 Å². The lowest BCUT2D eigenvalue weighted by atomic mass is 9.84. The molecule has 2 aromatic carbocycles. The largest absolute Gasteiger partial charge is 0.437 e. The average Bonchev–Trinajstić information content (AvgIpc) is 3.38. The molecule has 0 bridgehead atoms. The minimum absolute atomic E-state index is 0.259. The summed E-state index contributed by atoms with van der Waals surface area (Å²) >= 11 is 0. The third-order valence-electron chi connectivity index (χ3n) is 6.57. The normalized spacial score (nSPS) is 15.5. The summed E-state index contributed by atoms with van der Waals surface area (Å²) in [6, 6.07) is 21.1. The molecule has 1 saturated heterocycles. The van der Waals surface area contributed by atoms with Crippen molar-refractivity contribution in [2.75, 3.05) is 18.0 Å². The number of oxazole rings is 1. The molecule has 2 aromatic heterocycles. The summed E-state index contributed by atoms with van der Waals surface area (Å²) in [7, 11) is 0. The van der Waals surface area contributed by atoms with Gasteiger partial charge in [-0.25, -0.2) is 9.97 Å². The number of alkyl halides is 3. The third kappa shape index (κ3) is 5.27. The van der Waals surface area contributed by atoms with Gasteiger partial charge in [-0.3, -0.25) is 4.79 Å². The number of pyridine rings is 1. The minimum atomic E-state index is -4.83. The van der Waals surface area contributed by atoms with E-state index in [4.69, 9.17) is 4.42 Å². The Balaban J connectivity index is 1.28. The Morgan fingerprint density at radius 1 is 0.973 bits per heavy atom. The lowest BCUT2D eigenvalue weighted by Crippen LogP contribution is -2.42. The number of benzene rings is 2. The van der Waals surface area contributed by atoms with Crippen LogP contribution in [0.1, 0.15) is 40.2 Å². The van der Waals surface area contributed by atoms with Crippen LogP contribution in [0.2, 0.25) is 0 Å². The molecule has 1 N–H and O–H groups in total. The first-order valence-electron chi connectivity index (χ1n) is 11.9. The van der Waals surface area contributed by atoms with Crippen LogP contribution in [0.4, 0.5) is 19.0 Å². The van der Waals surface area contributed by atoms with Gasteiger partial charge in [-0.2, -0.15) is 13.2 Å². The van der Waals surface area contributed by atoms with Gasteiger partial charge in [0.15, 0.2) is 5.69 Å². The van der Waals surface area contributed by atoms with Gasteiger partial charge >= 0.3 is 6.18 Å². The maximum atomic E-state index is 13.6. The number of hydrogen-bond acceptors (Lipinski definition) is 6. The Labute approximate surface area is 211 Å². The smallest absolute Gasteiger partial charge is 0.432 e. The summed E-state index contributed by atoms with van der Waals surface area (Å²) < 4.78 is 46.1. The van der Waals surface area contributed by atoms with Gasteiger partial charge in [-0.1, -0.05) is 54.6 Å². The number of piperidine rings is 1. The van der Waals surface area contributed by atoms with Crippen molar-refractivity contribution in [3.8, 4) is 11.5 Å². The summed E-state index contributed by atoms with van der Waals surface area (Å²) in [5.74, 6) is -1.23. The summed E-state index contributed by atoms with van der Waals surface area (Å²) in [4.78, 5) is 22.8. The van der Waals surface area contributed by atoms with E-state index in [-0.39, 0.29) is 12.3 Å². The fraction of sp³-hybridized carbons (Fsp3) is 0.250. The van der Waals surface area contributed by atoms with Crippen LogP contribution in [0.25, 0.3) is 11.5 Å². The Bertz CT molecular complexity index is 1360. The molecule has 9 heteroatoms. The molecule has 0 unspecified atom stereocenters. The zero-order chi connectivity index (χ0) is 26.0. The molecule has 0 spiro atoms. The number of carbonyl (C=O) groups excluding carboxylic acids is 1. The molecule has 5 rings (SSSR count). The second-order valence-electron chi connectivity index (χ2n) is 9.07. The quantitative estimate of drug-likeness (QED) is 0.339. The molecule has 1 fully saturated rings. The second kappa shape index (κ2) is 9.82. The molecule has 190 valence electrons. The van der Waals surface area contributed by atoms with Crippen LogP contribution in [-0.2, 0) is 18.2 Å². The van der Waals surface area contributed by atoms with E-state index < -0.39 is 29.0 Å². The molecule has 37 heavy (non-hydrogen) atoms. The highest BCUT2D eigenvalue weighted by molar-refractivity contribution is 5.96. The van der Waals surface area contributed by atoms with E-state index in [1.54, 1.807) is 42.5 Å². The van der Waals surface area contributed by atoms with E-state index in [0.29, 0.717) is 42.9 Å².